The van der Waals surface area contributed by atoms with Crippen molar-refractivity contribution in [3.8, 4) is 0 Å². The summed E-state index contributed by atoms with van der Waals surface area (Å²) in [5.74, 6) is -0.191. The van der Waals surface area contributed by atoms with E-state index in [4.69, 9.17) is 23.7 Å². The Morgan fingerprint density at radius 1 is 1.39 bits per heavy atom. The van der Waals surface area contributed by atoms with Crippen molar-refractivity contribution >= 4 is 23.1 Å². The van der Waals surface area contributed by atoms with Gasteiger partial charge in [0.15, 0.2) is 0 Å². The van der Waals surface area contributed by atoms with E-state index >= 15 is 0 Å². The first-order valence-corrected chi connectivity index (χ1v) is 7.08. The van der Waals surface area contributed by atoms with E-state index in [0.29, 0.717) is 4.99 Å². The summed E-state index contributed by atoms with van der Waals surface area (Å²) >= 11 is 5.06. The second kappa shape index (κ2) is 6.48. The molecule has 1 heterocycles. The lowest BCUT2D eigenvalue weighted by Gasteiger charge is -2.34. The van der Waals surface area contributed by atoms with Crippen molar-refractivity contribution < 1.29 is 4.79 Å². The molecule has 0 aromatic carbocycles. The van der Waals surface area contributed by atoms with Gasteiger partial charge < -0.3 is 11.5 Å². The van der Waals surface area contributed by atoms with Crippen LogP contribution in [0.15, 0.2) is 0 Å². The third-order valence-corrected chi connectivity index (χ3v) is 4.41. The van der Waals surface area contributed by atoms with Crippen molar-refractivity contribution in [3.05, 3.63) is 0 Å². The summed E-state index contributed by atoms with van der Waals surface area (Å²) in [6, 6.07) is -0.0771. The molecule has 1 atom stereocenters. The number of carbonyl (C=O) groups is 1. The van der Waals surface area contributed by atoms with Crippen molar-refractivity contribution in [1.29, 1.82) is 0 Å². The topological polar surface area (TPSA) is 72.3 Å². The van der Waals surface area contributed by atoms with Gasteiger partial charge in [0.25, 0.3) is 0 Å². The average Bonchev–Trinajstić information content (AvgIpc) is 2.29. The van der Waals surface area contributed by atoms with Crippen LogP contribution in [-0.4, -0.2) is 34.9 Å². The summed E-state index contributed by atoms with van der Waals surface area (Å²) < 4.78 is 0. The van der Waals surface area contributed by atoms with E-state index in [-0.39, 0.29) is 17.4 Å². The van der Waals surface area contributed by atoms with E-state index in [1.807, 2.05) is 0 Å². The van der Waals surface area contributed by atoms with Crippen LogP contribution in [0.2, 0.25) is 0 Å². The molecule has 0 aromatic rings. The molecular formula is C13H25N3OS. The van der Waals surface area contributed by atoms with Crippen LogP contribution in [0.1, 0.15) is 46.0 Å². The summed E-state index contributed by atoms with van der Waals surface area (Å²) in [5.41, 5.74) is 11.0. The number of rotatable bonds is 6. The zero-order valence-corrected chi connectivity index (χ0v) is 12.3. The fourth-order valence-corrected chi connectivity index (χ4v) is 2.53. The molecule has 1 aliphatic heterocycles. The molecule has 0 saturated carbocycles. The van der Waals surface area contributed by atoms with Gasteiger partial charge in [-0.25, -0.2) is 0 Å². The van der Waals surface area contributed by atoms with E-state index in [1.165, 1.54) is 0 Å². The Hall–Kier alpha value is -0.680. The summed E-state index contributed by atoms with van der Waals surface area (Å²) in [6.07, 6.45) is 5.09. The highest BCUT2D eigenvalue weighted by Gasteiger charge is 2.27. The van der Waals surface area contributed by atoms with Crippen molar-refractivity contribution in [3.63, 3.8) is 0 Å². The molecule has 4 nitrogen and oxygen atoms in total. The van der Waals surface area contributed by atoms with Crippen molar-refractivity contribution in [2.24, 2.45) is 16.9 Å². The predicted octanol–water partition coefficient (Wildman–Crippen LogP) is 1.42. The molecule has 1 amide bonds. The van der Waals surface area contributed by atoms with Gasteiger partial charge in [-0.2, -0.15) is 0 Å². The van der Waals surface area contributed by atoms with Gasteiger partial charge in [0.2, 0.25) is 5.91 Å². The van der Waals surface area contributed by atoms with Gasteiger partial charge in [-0.15, -0.1) is 0 Å². The lowest BCUT2D eigenvalue weighted by Crippen LogP contribution is -2.48. The molecule has 1 unspecified atom stereocenters. The van der Waals surface area contributed by atoms with E-state index in [0.717, 1.165) is 45.2 Å². The molecule has 18 heavy (non-hydrogen) atoms. The Kier molecular flexibility index (Phi) is 5.53. The van der Waals surface area contributed by atoms with Gasteiger partial charge in [0, 0.05) is 5.41 Å². The molecule has 0 aromatic heterocycles. The van der Waals surface area contributed by atoms with E-state index in [9.17, 15) is 4.79 Å². The monoisotopic (exact) mass is 271 g/mol. The highest BCUT2D eigenvalue weighted by atomic mass is 32.1. The van der Waals surface area contributed by atoms with E-state index in [2.05, 4.69) is 18.7 Å². The zero-order valence-electron chi connectivity index (χ0n) is 11.4. The minimum atomic E-state index is -0.191. The van der Waals surface area contributed by atoms with Crippen LogP contribution in [-0.2, 0) is 4.79 Å². The lowest BCUT2D eigenvalue weighted by molar-refractivity contribution is -0.124. The first-order chi connectivity index (χ1) is 8.34. The smallest absolute Gasteiger partial charge is 0.234 e. The van der Waals surface area contributed by atoms with Crippen molar-refractivity contribution in [2.45, 2.75) is 52.0 Å². The molecule has 1 rings (SSSR count). The SMILES string of the molecule is CC(C)(CCCN1CCCCC1C(N)=O)C(N)=S. The number of thiocarbonyl (C=S) groups is 1. The summed E-state index contributed by atoms with van der Waals surface area (Å²) in [6.45, 7) is 6.01. The van der Waals surface area contributed by atoms with Crippen LogP contribution in [0.4, 0.5) is 0 Å². The number of piperidine rings is 1. The number of amides is 1. The van der Waals surface area contributed by atoms with Gasteiger partial charge in [-0.3, -0.25) is 9.69 Å². The number of nitrogens with two attached hydrogens (primary N) is 2. The maximum Gasteiger partial charge on any atom is 0.234 e. The van der Waals surface area contributed by atoms with E-state index < -0.39 is 0 Å². The first kappa shape index (κ1) is 15.4. The van der Waals surface area contributed by atoms with Crippen LogP contribution in [0.3, 0.4) is 0 Å². The minimum Gasteiger partial charge on any atom is -0.393 e. The second-order valence-electron chi connectivity index (χ2n) is 5.80. The predicted molar refractivity (Wildman–Crippen MR) is 78.2 cm³/mol. The number of primary amides is 1. The van der Waals surface area contributed by atoms with Crippen LogP contribution in [0.5, 0.6) is 0 Å². The quantitative estimate of drug-likeness (QED) is 0.717. The number of hydrogen-bond donors (Lipinski definition) is 2. The van der Waals surface area contributed by atoms with Crippen LogP contribution >= 0.6 is 12.2 Å². The van der Waals surface area contributed by atoms with Gasteiger partial charge >= 0.3 is 0 Å². The fourth-order valence-electron chi connectivity index (χ4n) is 2.43. The molecule has 104 valence electrons. The molecule has 1 fully saturated rings. The average molecular weight is 271 g/mol. The normalized spacial score (nSPS) is 21.8. The maximum atomic E-state index is 11.4. The van der Waals surface area contributed by atoms with Crippen LogP contribution in [0.25, 0.3) is 0 Å². The lowest BCUT2D eigenvalue weighted by atomic mass is 9.87. The Morgan fingerprint density at radius 3 is 2.61 bits per heavy atom. The Bertz CT molecular complexity index is 317. The molecule has 0 aliphatic carbocycles. The Morgan fingerprint density at radius 2 is 2.06 bits per heavy atom. The van der Waals surface area contributed by atoms with Gasteiger partial charge in [-0.05, 0) is 38.8 Å². The second-order valence-corrected chi connectivity index (χ2v) is 6.24. The molecular weight excluding hydrogens is 246 g/mol. The number of likely N-dealkylation sites (tertiary alicyclic amines) is 1. The van der Waals surface area contributed by atoms with Gasteiger partial charge in [-0.1, -0.05) is 32.5 Å². The highest BCUT2D eigenvalue weighted by Crippen LogP contribution is 2.24. The molecule has 1 aliphatic rings. The van der Waals surface area contributed by atoms with E-state index in [1.54, 1.807) is 0 Å². The largest absolute Gasteiger partial charge is 0.393 e. The molecule has 1 saturated heterocycles. The molecule has 0 radical (unpaired) electrons. The molecule has 4 N–H and O–H groups in total. The third kappa shape index (κ3) is 4.21. The molecule has 0 bridgehead atoms. The molecule has 5 heteroatoms. The highest BCUT2D eigenvalue weighted by molar-refractivity contribution is 7.80. The van der Waals surface area contributed by atoms with Crippen molar-refractivity contribution in [1.82, 2.24) is 4.90 Å². The Balaban J connectivity index is 2.42. The molecule has 0 spiro atoms. The summed E-state index contributed by atoms with van der Waals surface area (Å²) in [7, 11) is 0. The number of carbonyl (C=O) groups excluding carboxylic acids is 1. The Labute approximate surface area is 115 Å². The standard InChI is InChI=1S/C13H25N3OS/c1-13(2,12(15)18)7-5-9-16-8-4-3-6-10(16)11(14)17/h10H,3-9H2,1-2H3,(H2,14,17)(H2,15,18). The van der Waals surface area contributed by atoms with Crippen LogP contribution < -0.4 is 11.5 Å². The third-order valence-electron chi connectivity index (χ3n) is 3.86. The summed E-state index contributed by atoms with van der Waals surface area (Å²) in [5, 5.41) is 0. The summed E-state index contributed by atoms with van der Waals surface area (Å²) in [4.78, 5) is 14.1. The zero-order chi connectivity index (χ0) is 13.8. The fraction of sp³-hybridized carbons (Fsp3) is 0.846. The van der Waals surface area contributed by atoms with Crippen molar-refractivity contribution in [2.75, 3.05) is 13.1 Å². The number of hydrogen-bond acceptors (Lipinski definition) is 3. The van der Waals surface area contributed by atoms with Gasteiger partial charge in [0.05, 0.1) is 11.0 Å². The van der Waals surface area contributed by atoms with Gasteiger partial charge in [0.1, 0.15) is 0 Å². The first-order valence-electron chi connectivity index (χ1n) is 6.68. The number of nitrogens with zero attached hydrogens (tertiary/aromatic N) is 1. The van der Waals surface area contributed by atoms with Crippen LogP contribution in [0, 0.1) is 5.41 Å². The maximum absolute atomic E-state index is 11.4. The minimum absolute atomic E-state index is 0.0771.